The van der Waals surface area contributed by atoms with Crippen LogP contribution in [0.1, 0.15) is 35.9 Å². The number of aliphatic imine (C=N–C) groups is 1. The van der Waals surface area contributed by atoms with Crippen LogP contribution in [0.25, 0.3) is 0 Å². The molecular formula is C20H31FIN5S. The van der Waals surface area contributed by atoms with Crippen LogP contribution in [-0.4, -0.2) is 35.1 Å². The van der Waals surface area contributed by atoms with E-state index in [1.54, 1.807) is 17.8 Å². The summed E-state index contributed by atoms with van der Waals surface area (Å²) in [7, 11) is 0. The third-order valence-corrected chi connectivity index (χ3v) is 4.76. The Morgan fingerprint density at radius 3 is 2.64 bits per heavy atom. The minimum Gasteiger partial charge on any atom is -0.357 e. The summed E-state index contributed by atoms with van der Waals surface area (Å²) < 4.78 is 15.5. The average molecular weight is 519 g/mol. The number of benzene rings is 1. The van der Waals surface area contributed by atoms with Crippen LogP contribution in [0.15, 0.2) is 29.3 Å². The van der Waals surface area contributed by atoms with Gasteiger partial charge < -0.3 is 10.6 Å². The van der Waals surface area contributed by atoms with Crippen molar-refractivity contribution < 1.29 is 4.39 Å². The maximum Gasteiger partial charge on any atom is 0.191 e. The van der Waals surface area contributed by atoms with Crippen LogP contribution < -0.4 is 10.6 Å². The van der Waals surface area contributed by atoms with E-state index >= 15 is 0 Å². The summed E-state index contributed by atoms with van der Waals surface area (Å²) in [6.45, 7) is 9.15. The van der Waals surface area contributed by atoms with Crippen LogP contribution in [0.2, 0.25) is 0 Å². The summed E-state index contributed by atoms with van der Waals surface area (Å²) in [5.41, 5.74) is 4.30. The van der Waals surface area contributed by atoms with Gasteiger partial charge in [-0.15, -0.1) is 24.0 Å². The van der Waals surface area contributed by atoms with E-state index in [0.717, 1.165) is 54.6 Å². The lowest BCUT2D eigenvalue weighted by molar-refractivity contribution is 0.555. The molecule has 0 aliphatic carbocycles. The average Bonchev–Trinajstić information content (AvgIpc) is 2.95. The Labute approximate surface area is 189 Å². The smallest absolute Gasteiger partial charge is 0.191 e. The van der Waals surface area contributed by atoms with E-state index in [-0.39, 0.29) is 29.8 Å². The molecule has 28 heavy (non-hydrogen) atoms. The minimum atomic E-state index is -0.194. The number of hydrogen-bond acceptors (Lipinski definition) is 3. The number of nitrogens with zero attached hydrogens (tertiary/aromatic N) is 3. The summed E-state index contributed by atoms with van der Waals surface area (Å²) >= 11 is 1.69. The molecule has 2 N–H and O–H groups in total. The maximum atomic E-state index is 13.5. The van der Waals surface area contributed by atoms with E-state index in [2.05, 4.69) is 33.7 Å². The van der Waals surface area contributed by atoms with Crippen LogP contribution in [0, 0.1) is 19.7 Å². The zero-order valence-corrected chi connectivity index (χ0v) is 20.2. The summed E-state index contributed by atoms with van der Waals surface area (Å²) in [5.74, 6) is 1.38. The molecule has 0 fully saturated rings. The largest absolute Gasteiger partial charge is 0.357 e. The van der Waals surface area contributed by atoms with Crippen molar-refractivity contribution >= 4 is 41.7 Å². The van der Waals surface area contributed by atoms with Crippen LogP contribution in [-0.2, 0) is 18.8 Å². The number of rotatable bonds is 9. The van der Waals surface area contributed by atoms with Crippen molar-refractivity contribution in [2.24, 2.45) is 4.99 Å². The topological polar surface area (TPSA) is 54.2 Å². The molecule has 1 aromatic carbocycles. The Hall–Kier alpha value is -1.29. The second kappa shape index (κ2) is 13.0. The number of nitrogens with one attached hydrogen (secondary N) is 2. The Morgan fingerprint density at radius 1 is 1.21 bits per heavy atom. The number of aryl methyl sites for hydroxylation is 3. The molecule has 8 heteroatoms. The van der Waals surface area contributed by atoms with Crippen LogP contribution in [0.4, 0.5) is 4.39 Å². The van der Waals surface area contributed by atoms with Gasteiger partial charge >= 0.3 is 0 Å². The number of hydrogen-bond donors (Lipinski definition) is 2. The van der Waals surface area contributed by atoms with E-state index in [1.165, 1.54) is 11.8 Å². The number of thioether (sulfide) groups is 1. The molecule has 5 nitrogen and oxygen atoms in total. The third-order valence-electron chi connectivity index (χ3n) is 4.16. The van der Waals surface area contributed by atoms with Crippen molar-refractivity contribution in [1.29, 1.82) is 0 Å². The Bertz CT molecular complexity index is 763. The predicted octanol–water partition coefficient (Wildman–Crippen LogP) is 4.27. The third kappa shape index (κ3) is 7.98. The van der Waals surface area contributed by atoms with Gasteiger partial charge in [-0.2, -0.15) is 16.9 Å². The molecule has 0 unspecified atom stereocenters. The van der Waals surface area contributed by atoms with Gasteiger partial charge in [0.25, 0.3) is 0 Å². The number of aromatic nitrogens is 2. The van der Waals surface area contributed by atoms with Gasteiger partial charge in [0, 0.05) is 31.1 Å². The van der Waals surface area contributed by atoms with Crippen molar-refractivity contribution in [3.63, 3.8) is 0 Å². The van der Waals surface area contributed by atoms with Gasteiger partial charge in [-0.1, -0.05) is 6.07 Å². The first-order chi connectivity index (χ1) is 13.0. The highest BCUT2D eigenvalue weighted by molar-refractivity contribution is 14.0. The van der Waals surface area contributed by atoms with Gasteiger partial charge in [-0.25, -0.2) is 9.38 Å². The predicted molar refractivity (Wildman–Crippen MR) is 128 cm³/mol. The fourth-order valence-corrected chi connectivity index (χ4v) is 3.46. The SMILES string of the molecule is CCNC(=NCc1ccc(F)cc1CSC)NCCCn1nc(C)cc1C.I. The van der Waals surface area contributed by atoms with Gasteiger partial charge in [0.1, 0.15) is 5.82 Å². The molecule has 0 radical (unpaired) electrons. The van der Waals surface area contributed by atoms with Crippen LogP contribution in [0.5, 0.6) is 0 Å². The van der Waals surface area contributed by atoms with E-state index in [1.807, 2.05) is 30.9 Å². The van der Waals surface area contributed by atoms with E-state index in [0.29, 0.717) is 6.54 Å². The molecule has 0 aliphatic rings. The lowest BCUT2D eigenvalue weighted by Crippen LogP contribution is -2.38. The van der Waals surface area contributed by atoms with E-state index in [9.17, 15) is 4.39 Å². The van der Waals surface area contributed by atoms with Crippen LogP contribution in [0.3, 0.4) is 0 Å². The lowest BCUT2D eigenvalue weighted by Gasteiger charge is -2.13. The molecule has 0 amide bonds. The summed E-state index contributed by atoms with van der Waals surface area (Å²) in [5, 5.41) is 11.1. The zero-order valence-electron chi connectivity index (χ0n) is 17.1. The fraction of sp³-hybridized carbons (Fsp3) is 0.500. The van der Waals surface area contributed by atoms with E-state index in [4.69, 9.17) is 0 Å². The first-order valence-corrected chi connectivity index (χ1v) is 10.7. The molecule has 2 aromatic rings. The van der Waals surface area contributed by atoms with E-state index < -0.39 is 0 Å². The molecule has 2 rings (SSSR count). The number of halogens is 2. The molecule has 0 atom stereocenters. The van der Waals surface area contributed by atoms with Gasteiger partial charge in [0.05, 0.1) is 12.2 Å². The van der Waals surface area contributed by atoms with Crippen LogP contribution >= 0.6 is 35.7 Å². The molecule has 1 aromatic heterocycles. The molecule has 0 bridgehead atoms. The second-order valence-electron chi connectivity index (χ2n) is 6.47. The van der Waals surface area contributed by atoms with Gasteiger partial charge in [0.2, 0.25) is 0 Å². The molecule has 156 valence electrons. The number of guanidine groups is 1. The highest BCUT2D eigenvalue weighted by atomic mass is 127. The summed E-state index contributed by atoms with van der Waals surface area (Å²) in [6.07, 6.45) is 2.98. The maximum absolute atomic E-state index is 13.5. The molecular weight excluding hydrogens is 488 g/mol. The quantitative estimate of drug-likeness (QED) is 0.225. The monoisotopic (exact) mass is 519 g/mol. The first kappa shape index (κ1) is 24.7. The highest BCUT2D eigenvalue weighted by Crippen LogP contribution is 2.17. The Morgan fingerprint density at radius 2 is 2.00 bits per heavy atom. The molecule has 0 saturated carbocycles. The van der Waals surface area contributed by atoms with Crippen molar-refractivity contribution in [3.05, 3.63) is 52.6 Å². The van der Waals surface area contributed by atoms with Gasteiger partial charge in [-0.3, -0.25) is 4.68 Å². The van der Waals surface area contributed by atoms with Gasteiger partial charge in [-0.05, 0) is 62.8 Å². The highest BCUT2D eigenvalue weighted by Gasteiger charge is 2.05. The molecule has 1 heterocycles. The van der Waals surface area contributed by atoms with Gasteiger partial charge in [0.15, 0.2) is 5.96 Å². The van der Waals surface area contributed by atoms with Crippen molar-refractivity contribution in [2.45, 2.75) is 46.0 Å². The second-order valence-corrected chi connectivity index (χ2v) is 7.34. The molecule has 0 aliphatic heterocycles. The Balaban J connectivity index is 0.00000392. The molecule has 0 saturated heterocycles. The van der Waals surface area contributed by atoms with Crippen molar-refractivity contribution in [3.8, 4) is 0 Å². The molecule has 0 spiro atoms. The standard InChI is InChI=1S/C20H30FN5S.HI/c1-5-22-20(23-9-6-10-26-16(3)11-15(2)25-26)24-13-17-7-8-19(21)12-18(17)14-27-4;/h7-8,11-12H,5-6,9-10,13-14H2,1-4H3,(H2,22,23,24);1H. The zero-order chi connectivity index (χ0) is 19.6. The Kier molecular flexibility index (Phi) is 11.5. The normalized spacial score (nSPS) is 11.2. The van der Waals surface area contributed by atoms with Crippen molar-refractivity contribution in [1.82, 2.24) is 20.4 Å². The fourth-order valence-electron chi connectivity index (χ4n) is 2.88. The lowest BCUT2D eigenvalue weighted by atomic mass is 10.1. The minimum absolute atomic E-state index is 0. The summed E-state index contributed by atoms with van der Waals surface area (Å²) in [4.78, 5) is 4.66. The summed E-state index contributed by atoms with van der Waals surface area (Å²) in [6, 6.07) is 7.03. The van der Waals surface area contributed by atoms with Crippen molar-refractivity contribution in [2.75, 3.05) is 19.3 Å². The first-order valence-electron chi connectivity index (χ1n) is 9.33.